The SMILES string of the molecule is CC(C)CN(C(=O)CN1c2ccccc2CCC1C)c1c(N)n(CC(C)C)c(=O)[nH]c1=O. The number of fused-ring (bicyclic) bond motifs is 1. The number of H-pyrrole nitrogens is 1. The second kappa shape index (κ2) is 9.63. The molecule has 8 nitrogen and oxygen atoms in total. The molecule has 1 aromatic heterocycles. The van der Waals surface area contributed by atoms with Crippen LogP contribution in [0.3, 0.4) is 0 Å². The molecule has 2 aromatic rings. The van der Waals surface area contributed by atoms with Gasteiger partial charge in [-0.3, -0.25) is 19.1 Å². The van der Waals surface area contributed by atoms with Gasteiger partial charge in [-0.05, 0) is 43.2 Å². The second-order valence-corrected chi connectivity index (χ2v) is 9.54. The fourth-order valence-electron chi connectivity index (χ4n) is 4.30. The largest absolute Gasteiger partial charge is 0.383 e. The van der Waals surface area contributed by atoms with Crippen LogP contribution in [0.4, 0.5) is 17.2 Å². The molecule has 2 heterocycles. The molecule has 32 heavy (non-hydrogen) atoms. The van der Waals surface area contributed by atoms with E-state index in [4.69, 9.17) is 5.73 Å². The van der Waals surface area contributed by atoms with Gasteiger partial charge in [0.25, 0.3) is 5.56 Å². The van der Waals surface area contributed by atoms with Crippen LogP contribution >= 0.6 is 0 Å². The second-order valence-electron chi connectivity index (χ2n) is 9.54. The lowest BCUT2D eigenvalue weighted by Gasteiger charge is -2.38. The first kappa shape index (κ1) is 23.6. The van der Waals surface area contributed by atoms with Crippen molar-refractivity contribution in [3.8, 4) is 0 Å². The van der Waals surface area contributed by atoms with Gasteiger partial charge in [-0.25, -0.2) is 4.79 Å². The molecule has 0 bridgehead atoms. The Balaban J connectivity index is 2.02. The Morgan fingerprint density at radius 1 is 1.19 bits per heavy atom. The van der Waals surface area contributed by atoms with Gasteiger partial charge in [0.05, 0.1) is 6.54 Å². The van der Waals surface area contributed by atoms with Crippen LogP contribution in [-0.2, 0) is 17.8 Å². The minimum absolute atomic E-state index is 0.0357. The van der Waals surface area contributed by atoms with Gasteiger partial charge >= 0.3 is 5.69 Å². The van der Waals surface area contributed by atoms with E-state index in [0.29, 0.717) is 13.1 Å². The number of nitrogens with two attached hydrogens (primary N) is 1. The number of nitrogens with zero attached hydrogens (tertiary/aromatic N) is 3. The zero-order valence-corrected chi connectivity index (χ0v) is 19.7. The molecule has 0 saturated heterocycles. The number of hydrogen-bond donors (Lipinski definition) is 2. The summed E-state index contributed by atoms with van der Waals surface area (Å²) in [5.74, 6) is 0.0748. The minimum Gasteiger partial charge on any atom is -0.383 e. The van der Waals surface area contributed by atoms with Crippen molar-refractivity contribution in [2.75, 3.05) is 28.6 Å². The third-order valence-electron chi connectivity index (χ3n) is 5.85. The fraction of sp³-hybridized carbons (Fsp3) is 0.542. The van der Waals surface area contributed by atoms with Gasteiger partial charge in [-0.15, -0.1) is 0 Å². The van der Waals surface area contributed by atoms with Crippen LogP contribution in [0.15, 0.2) is 33.9 Å². The lowest BCUT2D eigenvalue weighted by molar-refractivity contribution is -0.117. The average Bonchev–Trinajstić information content (AvgIpc) is 2.72. The number of carbonyl (C=O) groups excluding carboxylic acids is 1. The van der Waals surface area contributed by atoms with E-state index in [1.54, 1.807) is 0 Å². The van der Waals surface area contributed by atoms with Crippen molar-refractivity contribution < 1.29 is 4.79 Å². The van der Waals surface area contributed by atoms with E-state index in [2.05, 4.69) is 22.9 Å². The van der Waals surface area contributed by atoms with Gasteiger partial charge in [0, 0.05) is 24.8 Å². The zero-order valence-electron chi connectivity index (χ0n) is 19.7. The number of amides is 1. The van der Waals surface area contributed by atoms with Crippen LogP contribution in [0.25, 0.3) is 0 Å². The van der Waals surface area contributed by atoms with E-state index in [-0.39, 0.29) is 41.8 Å². The summed E-state index contributed by atoms with van der Waals surface area (Å²) in [5, 5.41) is 0. The summed E-state index contributed by atoms with van der Waals surface area (Å²) in [6.45, 7) is 10.8. The van der Waals surface area contributed by atoms with Crippen molar-refractivity contribution in [2.45, 2.75) is 60.0 Å². The standard InChI is InChI=1S/C24H35N5O3/c1-15(2)12-28(21-22(25)29(13-16(3)4)24(32)26-23(21)31)20(30)14-27-17(5)10-11-18-8-6-7-9-19(18)27/h6-9,15-17H,10-14,25H2,1-5H3,(H,26,31,32). The average molecular weight is 442 g/mol. The number of benzene rings is 1. The smallest absolute Gasteiger partial charge is 0.330 e. The molecule has 0 saturated carbocycles. The molecule has 1 unspecified atom stereocenters. The molecular formula is C24H35N5O3. The van der Waals surface area contributed by atoms with Crippen LogP contribution in [0.5, 0.6) is 0 Å². The first-order valence-electron chi connectivity index (χ1n) is 11.4. The lowest BCUT2D eigenvalue weighted by Crippen LogP contribution is -2.49. The first-order valence-corrected chi connectivity index (χ1v) is 11.4. The Morgan fingerprint density at radius 2 is 1.88 bits per heavy atom. The molecule has 174 valence electrons. The third kappa shape index (κ3) is 4.89. The Hall–Kier alpha value is -3.03. The summed E-state index contributed by atoms with van der Waals surface area (Å²) in [7, 11) is 0. The summed E-state index contributed by atoms with van der Waals surface area (Å²) >= 11 is 0. The number of anilines is 3. The zero-order chi connectivity index (χ0) is 23.6. The monoisotopic (exact) mass is 441 g/mol. The van der Waals surface area contributed by atoms with Crippen LogP contribution in [0, 0.1) is 11.8 Å². The topological polar surface area (TPSA) is 104 Å². The maximum Gasteiger partial charge on any atom is 0.330 e. The van der Waals surface area contributed by atoms with Gasteiger partial charge in [0.1, 0.15) is 5.82 Å². The van der Waals surface area contributed by atoms with Gasteiger partial charge in [0.15, 0.2) is 5.69 Å². The number of aromatic nitrogens is 2. The van der Waals surface area contributed by atoms with E-state index in [9.17, 15) is 14.4 Å². The number of nitrogens with one attached hydrogen (secondary N) is 1. The molecule has 1 aromatic carbocycles. The highest BCUT2D eigenvalue weighted by Gasteiger charge is 2.30. The highest BCUT2D eigenvalue weighted by Crippen LogP contribution is 2.30. The number of aryl methyl sites for hydroxylation is 1. The molecule has 1 atom stereocenters. The van der Waals surface area contributed by atoms with Crippen LogP contribution in [-0.4, -0.2) is 34.6 Å². The normalized spacial score (nSPS) is 15.8. The molecule has 0 spiro atoms. The van der Waals surface area contributed by atoms with Crippen molar-refractivity contribution in [1.29, 1.82) is 0 Å². The number of carbonyl (C=O) groups is 1. The van der Waals surface area contributed by atoms with E-state index in [1.165, 1.54) is 15.0 Å². The van der Waals surface area contributed by atoms with Crippen molar-refractivity contribution in [1.82, 2.24) is 9.55 Å². The number of para-hydroxylation sites is 1. The highest BCUT2D eigenvalue weighted by molar-refractivity contribution is 5.98. The Morgan fingerprint density at radius 3 is 2.53 bits per heavy atom. The summed E-state index contributed by atoms with van der Waals surface area (Å²) in [5.41, 5.74) is 7.46. The van der Waals surface area contributed by atoms with Gasteiger partial charge in [-0.2, -0.15) is 0 Å². The van der Waals surface area contributed by atoms with Crippen LogP contribution in [0.1, 0.15) is 46.6 Å². The summed E-state index contributed by atoms with van der Waals surface area (Å²) in [6.07, 6.45) is 1.93. The van der Waals surface area contributed by atoms with Crippen LogP contribution in [0.2, 0.25) is 0 Å². The van der Waals surface area contributed by atoms with Crippen molar-refractivity contribution in [3.05, 3.63) is 50.7 Å². The summed E-state index contributed by atoms with van der Waals surface area (Å²) in [4.78, 5) is 44.7. The molecule has 3 rings (SSSR count). The molecular weight excluding hydrogens is 406 g/mol. The number of nitrogen functional groups attached to an aromatic ring is 1. The van der Waals surface area contributed by atoms with Crippen molar-refractivity contribution >= 4 is 23.1 Å². The summed E-state index contributed by atoms with van der Waals surface area (Å²) < 4.78 is 1.35. The maximum absolute atomic E-state index is 13.6. The van der Waals surface area contributed by atoms with Gasteiger partial charge in [-0.1, -0.05) is 45.9 Å². The van der Waals surface area contributed by atoms with Gasteiger partial charge in [0.2, 0.25) is 5.91 Å². The van der Waals surface area contributed by atoms with Gasteiger partial charge < -0.3 is 15.5 Å². The third-order valence-corrected chi connectivity index (χ3v) is 5.85. The Labute approximate surface area is 189 Å². The number of hydrogen-bond acceptors (Lipinski definition) is 5. The molecule has 0 fully saturated rings. The molecule has 8 heteroatoms. The predicted molar refractivity (Wildman–Crippen MR) is 129 cm³/mol. The minimum atomic E-state index is -0.631. The summed E-state index contributed by atoms with van der Waals surface area (Å²) in [6, 6.07) is 8.31. The molecule has 1 amide bonds. The number of rotatable bonds is 7. The molecule has 3 N–H and O–H groups in total. The van der Waals surface area contributed by atoms with E-state index >= 15 is 0 Å². The van der Waals surface area contributed by atoms with E-state index in [0.717, 1.165) is 18.5 Å². The number of aromatic amines is 1. The fourth-order valence-corrected chi connectivity index (χ4v) is 4.30. The molecule has 0 radical (unpaired) electrons. The lowest BCUT2D eigenvalue weighted by atomic mass is 9.96. The molecule has 1 aliphatic heterocycles. The Kier molecular flexibility index (Phi) is 7.11. The quantitative estimate of drug-likeness (QED) is 0.687. The van der Waals surface area contributed by atoms with Crippen LogP contribution < -0.4 is 26.8 Å². The van der Waals surface area contributed by atoms with E-state index in [1.807, 2.05) is 45.9 Å². The van der Waals surface area contributed by atoms with Crippen molar-refractivity contribution in [3.63, 3.8) is 0 Å². The Bertz CT molecular complexity index is 1090. The maximum atomic E-state index is 13.6. The first-order chi connectivity index (χ1) is 15.1. The predicted octanol–water partition coefficient (Wildman–Crippen LogP) is 2.61. The molecule has 1 aliphatic rings. The van der Waals surface area contributed by atoms with Crippen molar-refractivity contribution in [2.24, 2.45) is 11.8 Å². The molecule has 0 aliphatic carbocycles. The highest BCUT2D eigenvalue weighted by atomic mass is 16.2. The van der Waals surface area contributed by atoms with E-state index < -0.39 is 11.2 Å².